The number of methoxy groups -OCH3 is 3. The Balaban J connectivity index is 1.73. The summed E-state index contributed by atoms with van der Waals surface area (Å²) in [5, 5.41) is 0. The largest absolute Gasteiger partial charge is 0.493 e. The molecule has 9 heteroatoms. The molecule has 0 aromatic heterocycles. The van der Waals surface area contributed by atoms with Crippen LogP contribution in [0.1, 0.15) is 37.7 Å². The van der Waals surface area contributed by atoms with Crippen LogP contribution in [0.4, 0.5) is 0 Å². The van der Waals surface area contributed by atoms with E-state index in [0.717, 1.165) is 37.4 Å². The van der Waals surface area contributed by atoms with E-state index >= 15 is 0 Å². The lowest BCUT2D eigenvalue weighted by atomic mass is 9.98. The maximum absolute atomic E-state index is 12.8. The van der Waals surface area contributed by atoms with Crippen LogP contribution in [0.25, 0.3) is 6.08 Å². The average Bonchev–Trinajstić information content (AvgIpc) is 3.00. The van der Waals surface area contributed by atoms with Crippen molar-refractivity contribution in [3.63, 3.8) is 0 Å². The third kappa shape index (κ3) is 5.07. The van der Waals surface area contributed by atoms with Gasteiger partial charge >= 0.3 is 5.97 Å². The molecular weight excluding hydrogens is 426 g/mol. The van der Waals surface area contributed by atoms with Gasteiger partial charge in [-0.1, -0.05) is 30.4 Å². The van der Waals surface area contributed by atoms with Gasteiger partial charge in [0.25, 0.3) is 5.91 Å². The van der Waals surface area contributed by atoms with Gasteiger partial charge in [0.1, 0.15) is 17.0 Å². The highest BCUT2D eigenvalue weighted by molar-refractivity contribution is 8.26. The van der Waals surface area contributed by atoms with Crippen molar-refractivity contribution >= 4 is 46.3 Å². The summed E-state index contributed by atoms with van der Waals surface area (Å²) >= 11 is 6.47. The molecule has 0 radical (unpaired) electrons. The number of nitrogens with zero attached hydrogens (tertiary/aromatic N) is 1. The van der Waals surface area contributed by atoms with Crippen molar-refractivity contribution in [2.24, 2.45) is 0 Å². The van der Waals surface area contributed by atoms with E-state index in [1.165, 1.54) is 32.7 Å². The molecule has 0 bridgehead atoms. The van der Waals surface area contributed by atoms with Crippen LogP contribution < -0.4 is 14.2 Å². The Morgan fingerprint density at radius 2 is 1.77 bits per heavy atom. The molecule has 7 nitrogen and oxygen atoms in total. The van der Waals surface area contributed by atoms with Gasteiger partial charge in [-0.2, -0.15) is 0 Å². The van der Waals surface area contributed by atoms with E-state index in [1.54, 1.807) is 18.2 Å². The van der Waals surface area contributed by atoms with E-state index < -0.39 is 5.97 Å². The molecule has 2 aliphatic rings. The van der Waals surface area contributed by atoms with E-state index in [4.69, 9.17) is 31.2 Å². The van der Waals surface area contributed by atoms with Crippen molar-refractivity contribution < 1.29 is 28.5 Å². The molecule has 0 unspecified atom stereocenters. The highest BCUT2D eigenvalue weighted by Crippen LogP contribution is 2.40. The van der Waals surface area contributed by atoms with Crippen LogP contribution in [0.5, 0.6) is 17.2 Å². The highest BCUT2D eigenvalue weighted by atomic mass is 32.2. The minimum absolute atomic E-state index is 0.0561. The fourth-order valence-corrected chi connectivity index (χ4v) is 4.76. The molecule has 1 aromatic rings. The Kier molecular flexibility index (Phi) is 7.60. The third-order valence-electron chi connectivity index (χ3n) is 5.00. The summed E-state index contributed by atoms with van der Waals surface area (Å²) in [7, 11) is 4.58. The number of hydrogen-bond donors (Lipinski definition) is 0. The first kappa shape index (κ1) is 22.4. The Bertz CT molecular complexity index is 838. The number of amides is 1. The van der Waals surface area contributed by atoms with Gasteiger partial charge in [-0.25, -0.2) is 0 Å². The van der Waals surface area contributed by atoms with Gasteiger partial charge in [-0.05, 0) is 49.5 Å². The maximum Gasteiger partial charge on any atom is 0.326 e. The standard InChI is InChI=1S/C21H25NO6S2/c1-25-15-9-13(10-16(26-2)19(15)27-3)11-17-20(24)22(21(29)30-17)12-18(23)28-14-7-5-4-6-8-14/h9-11,14H,4-8,12H2,1-3H3/b17-11-. The van der Waals surface area contributed by atoms with Crippen LogP contribution in [0.15, 0.2) is 17.0 Å². The van der Waals surface area contributed by atoms with Gasteiger partial charge in [-0.15, -0.1) is 0 Å². The molecule has 1 aromatic carbocycles. The number of thioether (sulfide) groups is 1. The number of esters is 1. The highest BCUT2D eigenvalue weighted by Gasteiger charge is 2.34. The second kappa shape index (κ2) is 10.2. The second-order valence-electron chi connectivity index (χ2n) is 6.98. The number of carbonyl (C=O) groups is 2. The van der Waals surface area contributed by atoms with Gasteiger partial charge in [0, 0.05) is 0 Å². The molecule has 30 heavy (non-hydrogen) atoms. The van der Waals surface area contributed by atoms with E-state index in [9.17, 15) is 9.59 Å². The molecule has 0 atom stereocenters. The summed E-state index contributed by atoms with van der Waals surface area (Å²) in [5.74, 6) is 0.686. The smallest absolute Gasteiger partial charge is 0.326 e. The van der Waals surface area contributed by atoms with Gasteiger partial charge < -0.3 is 18.9 Å². The lowest BCUT2D eigenvalue weighted by Crippen LogP contribution is -2.36. The molecule has 1 amide bonds. The summed E-state index contributed by atoms with van der Waals surface area (Å²) in [6.45, 7) is -0.173. The summed E-state index contributed by atoms with van der Waals surface area (Å²) in [6, 6.07) is 3.48. The molecule has 1 aliphatic carbocycles. The van der Waals surface area contributed by atoms with Crippen LogP contribution in [-0.4, -0.2) is 55.1 Å². The van der Waals surface area contributed by atoms with Crippen molar-refractivity contribution in [1.29, 1.82) is 0 Å². The summed E-state index contributed by atoms with van der Waals surface area (Å²) < 4.78 is 21.9. The van der Waals surface area contributed by atoms with Gasteiger partial charge in [0.05, 0.1) is 26.2 Å². The Morgan fingerprint density at radius 3 is 2.33 bits per heavy atom. The Hall–Kier alpha value is -2.26. The lowest BCUT2D eigenvalue weighted by molar-refractivity contribution is -0.152. The SMILES string of the molecule is COc1cc(/C=C2\SC(=S)N(CC(=O)OC3CCCCC3)C2=O)cc(OC)c1OC. The normalized spacial score (nSPS) is 18.6. The molecule has 1 saturated heterocycles. The lowest BCUT2D eigenvalue weighted by Gasteiger charge is -2.23. The molecule has 1 aliphatic heterocycles. The zero-order chi connectivity index (χ0) is 21.7. The van der Waals surface area contributed by atoms with Gasteiger partial charge in [-0.3, -0.25) is 14.5 Å². The maximum atomic E-state index is 12.8. The van der Waals surface area contributed by atoms with E-state index in [2.05, 4.69) is 0 Å². The summed E-state index contributed by atoms with van der Waals surface area (Å²) in [5.41, 5.74) is 0.690. The first-order valence-corrected chi connectivity index (χ1v) is 10.9. The van der Waals surface area contributed by atoms with Crippen molar-refractivity contribution in [2.75, 3.05) is 27.9 Å². The predicted molar refractivity (Wildman–Crippen MR) is 119 cm³/mol. The van der Waals surface area contributed by atoms with Gasteiger partial charge in [0.2, 0.25) is 5.75 Å². The topological polar surface area (TPSA) is 74.3 Å². The Labute approximate surface area is 185 Å². The molecular formula is C21H25NO6S2. The molecule has 1 heterocycles. The number of hydrogen-bond acceptors (Lipinski definition) is 8. The summed E-state index contributed by atoms with van der Waals surface area (Å²) in [6.07, 6.45) is 6.70. The molecule has 0 N–H and O–H groups in total. The fraction of sp³-hybridized carbons (Fsp3) is 0.476. The van der Waals surface area contributed by atoms with E-state index in [-0.39, 0.29) is 18.6 Å². The second-order valence-corrected chi connectivity index (χ2v) is 8.65. The first-order chi connectivity index (χ1) is 14.5. The zero-order valence-corrected chi connectivity index (χ0v) is 18.9. The number of benzene rings is 1. The van der Waals surface area contributed by atoms with E-state index in [1.807, 2.05) is 0 Å². The van der Waals surface area contributed by atoms with Crippen LogP contribution in [0, 0.1) is 0 Å². The van der Waals surface area contributed by atoms with Crippen LogP contribution in [0.2, 0.25) is 0 Å². The zero-order valence-electron chi connectivity index (χ0n) is 17.3. The molecule has 1 saturated carbocycles. The monoisotopic (exact) mass is 451 g/mol. The number of thiocarbonyl (C=S) groups is 1. The first-order valence-electron chi connectivity index (χ1n) is 9.71. The molecule has 162 valence electrons. The van der Waals surface area contributed by atoms with Crippen LogP contribution in [0.3, 0.4) is 0 Å². The van der Waals surface area contributed by atoms with E-state index in [0.29, 0.717) is 32.0 Å². The van der Waals surface area contributed by atoms with Crippen molar-refractivity contribution in [3.8, 4) is 17.2 Å². The number of rotatable bonds is 7. The van der Waals surface area contributed by atoms with Crippen molar-refractivity contribution in [3.05, 3.63) is 22.6 Å². The third-order valence-corrected chi connectivity index (χ3v) is 6.37. The van der Waals surface area contributed by atoms with Crippen molar-refractivity contribution in [2.45, 2.75) is 38.2 Å². The minimum Gasteiger partial charge on any atom is -0.493 e. The molecule has 3 rings (SSSR count). The van der Waals surface area contributed by atoms with Gasteiger partial charge in [0.15, 0.2) is 11.5 Å². The van der Waals surface area contributed by atoms with Crippen LogP contribution >= 0.6 is 24.0 Å². The Morgan fingerprint density at radius 1 is 1.13 bits per heavy atom. The molecule has 0 spiro atoms. The number of ether oxygens (including phenoxy) is 4. The predicted octanol–water partition coefficient (Wildman–Crippen LogP) is 3.79. The minimum atomic E-state index is -0.424. The fourth-order valence-electron chi connectivity index (χ4n) is 3.51. The summed E-state index contributed by atoms with van der Waals surface area (Å²) in [4.78, 5) is 26.8. The molecule has 2 fully saturated rings. The average molecular weight is 452 g/mol. The number of carbonyl (C=O) groups excluding carboxylic acids is 2. The van der Waals surface area contributed by atoms with Crippen LogP contribution in [-0.2, 0) is 14.3 Å². The van der Waals surface area contributed by atoms with Crippen molar-refractivity contribution in [1.82, 2.24) is 4.90 Å². The quantitative estimate of drug-likeness (QED) is 0.352.